The number of hydrogen-bond donors (Lipinski definition) is 3. The van der Waals surface area contributed by atoms with Gasteiger partial charge in [-0.15, -0.1) is 0 Å². The predicted molar refractivity (Wildman–Crippen MR) is 71.7 cm³/mol. The molecule has 1 rings (SSSR count). The maximum atomic E-state index is 6.00. The van der Waals surface area contributed by atoms with Crippen LogP contribution in [-0.2, 0) is 4.74 Å². The van der Waals surface area contributed by atoms with E-state index in [-0.39, 0.29) is 0 Å². The number of halogens is 2. The molecule has 96 valence electrons. The van der Waals surface area contributed by atoms with E-state index < -0.39 is 0 Å². The normalized spacial score (nSPS) is 10.4. The average Bonchev–Trinajstić information content (AvgIpc) is 2.31. The van der Waals surface area contributed by atoms with E-state index in [1.165, 1.54) is 0 Å². The molecule has 0 saturated heterocycles. The molecule has 0 saturated carbocycles. The van der Waals surface area contributed by atoms with Gasteiger partial charge in [0, 0.05) is 20.3 Å². The molecular weight excluding hydrogens is 263 g/mol. The molecule has 0 radical (unpaired) electrons. The van der Waals surface area contributed by atoms with E-state index in [2.05, 4.69) is 15.7 Å². The van der Waals surface area contributed by atoms with Crippen LogP contribution in [0, 0.1) is 0 Å². The van der Waals surface area contributed by atoms with Gasteiger partial charge in [0.05, 0.1) is 10.0 Å². The summed E-state index contributed by atoms with van der Waals surface area (Å²) in [5.74, 6) is 6.25. The number of nitrogen functional groups attached to an aromatic ring is 1. The van der Waals surface area contributed by atoms with Gasteiger partial charge in [-0.2, -0.15) is 0 Å². The molecule has 0 amide bonds. The quantitative estimate of drug-likeness (QED) is 0.406. The summed E-state index contributed by atoms with van der Waals surface area (Å²) in [6.45, 7) is 1.51. The van der Waals surface area contributed by atoms with Crippen LogP contribution in [0.1, 0.15) is 12.8 Å². The number of rotatable bonds is 7. The van der Waals surface area contributed by atoms with Crippen LogP contribution in [0.2, 0.25) is 10.0 Å². The lowest BCUT2D eigenvalue weighted by atomic mass is 10.3. The Morgan fingerprint density at radius 1 is 1.29 bits per heavy atom. The summed E-state index contributed by atoms with van der Waals surface area (Å²) in [6.07, 6.45) is 1.95. The van der Waals surface area contributed by atoms with Crippen molar-refractivity contribution in [2.75, 3.05) is 31.0 Å². The van der Waals surface area contributed by atoms with Gasteiger partial charge in [-0.1, -0.05) is 23.2 Å². The minimum Gasteiger partial charge on any atom is -0.385 e. The third-order valence-electron chi connectivity index (χ3n) is 2.13. The largest absolute Gasteiger partial charge is 0.385 e. The lowest BCUT2D eigenvalue weighted by Gasteiger charge is -2.10. The van der Waals surface area contributed by atoms with E-state index >= 15 is 0 Å². The number of unbranched alkanes of at least 4 members (excludes halogenated alkanes) is 1. The Kier molecular flexibility index (Phi) is 6.36. The summed E-state index contributed by atoms with van der Waals surface area (Å²) in [4.78, 5) is 4.17. The number of hydrogen-bond acceptors (Lipinski definition) is 5. The zero-order chi connectivity index (χ0) is 12.7. The number of nitrogens with zero attached hydrogens (tertiary/aromatic N) is 1. The van der Waals surface area contributed by atoms with Gasteiger partial charge in [-0.25, -0.2) is 10.8 Å². The highest BCUT2D eigenvalue weighted by Gasteiger charge is 2.07. The Hall–Kier alpha value is -0.750. The first-order valence-corrected chi connectivity index (χ1v) is 6.00. The third kappa shape index (κ3) is 4.55. The number of aromatic nitrogens is 1. The van der Waals surface area contributed by atoms with Gasteiger partial charge in [0.1, 0.15) is 5.82 Å². The summed E-state index contributed by atoms with van der Waals surface area (Å²) in [5, 5.41) is 3.99. The van der Waals surface area contributed by atoms with Gasteiger partial charge in [0.15, 0.2) is 5.82 Å². The van der Waals surface area contributed by atoms with Crippen LogP contribution in [0.3, 0.4) is 0 Å². The fraction of sp³-hybridized carbons (Fsp3) is 0.500. The van der Waals surface area contributed by atoms with Gasteiger partial charge >= 0.3 is 0 Å². The fourth-order valence-electron chi connectivity index (χ4n) is 1.27. The summed E-state index contributed by atoms with van der Waals surface area (Å²) in [7, 11) is 1.68. The topological polar surface area (TPSA) is 72.2 Å². The fourth-order valence-corrected chi connectivity index (χ4v) is 1.75. The van der Waals surface area contributed by atoms with Crippen molar-refractivity contribution in [1.82, 2.24) is 4.98 Å². The van der Waals surface area contributed by atoms with Crippen molar-refractivity contribution in [2.24, 2.45) is 5.84 Å². The van der Waals surface area contributed by atoms with Crippen molar-refractivity contribution in [2.45, 2.75) is 12.8 Å². The Bertz CT molecular complexity index is 362. The Labute approximate surface area is 111 Å². The molecule has 0 aliphatic carbocycles. The van der Waals surface area contributed by atoms with Gasteiger partial charge in [-0.05, 0) is 18.9 Å². The van der Waals surface area contributed by atoms with Crippen LogP contribution in [0.25, 0.3) is 0 Å². The smallest absolute Gasteiger partial charge is 0.161 e. The molecule has 1 aromatic heterocycles. The molecule has 0 spiro atoms. The lowest BCUT2D eigenvalue weighted by Crippen LogP contribution is -2.11. The molecule has 1 heterocycles. The molecule has 0 aliphatic heterocycles. The van der Waals surface area contributed by atoms with E-state index in [4.69, 9.17) is 33.8 Å². The minimum absolute atomic E-state index is 0.391. The van der Waals surface area contributed by atoms with Crippen molar-refractivity contribution >= 4 is 34.8 Å². The van der Waals surface area contributed by atoms with E-state index in [0.29, 0.717) is 21.7 Å². The van der Waals surface area contributed by atoms with Crippen molar-refractivity contribution in [3.05, 3.63) is 16.1 Å². The Morgan fingerprint density at radius 2 is 2.00 bits per heavy atom. The predicted octanol–water partition coefficient (Wildman–Crippen LogP) is 2.51. The van der Waals surface area contributed by atoms with Gasteiger partial charge < -0.3 is 15.5 Å². The molecule has 0 aromatic carbocycles. The second kappa shape index (κ2) is 7.55. The van der Waals surface area contributed by atoms with Crippen LogP contribution in [0.15, 0.2) is 6.07 Å². The van der Waals surface area contributed by atoms with Crippen molar-refractivity contribution in [3.63, 3.8) is 0 Å². The molecule has 0 bridgehead atoms. The highest BCUT2D eigenvalue weighted by molar-refractivity contribution is 6.37. The molecule has 0 unspecified atom stereocenters. The number of ether oxygens (including phenoxy) is 1. The maximum Gasteiger partial charge on any atom is 0.161 e. The third-order valence-corrected chi connectivity index (χ3v) is 2.71. The summed E-state index contributed by atoms with van der Waals surface area (Å²) < 4.78 is 4.96. The highest BCUT2D eigenvalue weighted by Crippen LogP contribution is 2.28. The van der Waals surface area contributed by atoms with Crippen molar-refractivity contribution in [3.8, 4) is 0 Å². The van der Waals surface area contributed by atoms with Gasteiger partial charge in [0.2, 0.25) is 0 Å². The van der Waals surface area contributed by atoms with Crippen LogP contribution >= 0.6 is 23.2 Å². The number of nitrogens with one attached hydrogen (secondary N) is 2. The average molecular weight is 279 g/mol. The van der Waals surface area contributed by atoms with Crippen LogP contribution in [-0.4, -0.2) is 25.2 Å². The van der Waals surface area contributed by atoms with E-state index in [9.17, 15) is 0 Å². The van der Waals surface area contributed by atoms with Gasteiger partial charge in [-0.3, -0.25) is 0 Å². The summed E-state index contributed by atoms with van der Waals surface area (Å²) >= 11 is 11.9. The van der Waals surface area contributed by atoms with E-state index in [1.807, 2.05) is 0 Å². The number of hydrazine groups is 1. The zero-order valence-electron chi connectivity index (χ0n) is 9.59. The van der Waals surface area contributed by atoms with Crippen molar-refractivity contribution in [1.29, 1.82) is 0 Å². The lowest BCUT2D eigenvalue weighted by molar-refractivity contribution is 0.194. The second-order valence-corrected chi connectivity index (χ2v) is 4.23. The zero-order valence-corrected chi connectivity index (χ0v) is 11.1. The molecule has 4 N–H and O–H groups in total. The minimum atomic E-state index is 0.391. The number of anilines is 2. The molecule has 0 atom stereocenters. The monoisotopic (exact) mass is 278 g/mol. The number of methoxy groups -OCH3 is 1. The molecule has 0 fully saturated rings. The molecule has 1 aromatic rings. The number of pyridine rings is 1. The van der Waals surface area contributed by atoms with Crippen molar-refractivity contribution < 1.29 is 4.74 Å². The summed E-state index contributed by atoms with van der Waals surface area (Å²) in [6, 6.07) is 1.60. The molecule has 17 heavy (non-hydrogen) atoms. The Balaban J connectivity index is 2.52. The van der Waals surface area contributed by atoms with E-state index in [1.54, 1.807) is 13.2 Å². The maximum absolute atomic E-state index is 6.00. The second-order valence-electron chi connectivity index (χ2n) is 3.42. The summed E-state index contributed by atoms with van der Waals surface area (Å²) in [5.41, 5.74) is 2.41. The first kappa shape index (κ1) is 14.3. The SMILES string of the molecule is COCCCCNc1nc(NN)c(Cl)cc1Cl. The van der Waals surface area contributed by atoms with Crippen LogP contribution in [0.5, 0.6) is 0 Å². The molecular formula is C10H16Cl2N4O. The number of nitrogens with two attached hydrogens (primary N) is 1. The van der Waals surface area contributed by atoms with Crippen LogP contribution in [0.4, 0.5) is 11.6 Å². The standard InChI is InChI=1S/C10H16Cl2N4O/c1-17-5-3-2-4-14-9-7(11)6-8(12)10(15-9)16-13/h6H,2-5,13H2,1H3,(H2,14,15,16). The first-order chi connectivity index (χ1) is 8.19. The van der Waals surface area contributed by atoms with Gasteiger partial charge in [0.25, 0.3) is 0 Å². The first-order valence-electron chi connectivity index (χ1n) is 5.24. The van der Waals surface area contributed by atoms with E-state index in [0.717, 1.165) is 26.0 Å². The van der Waals surface area contributed by atoms with Crippen LogP contribution < -0.4 is 16.6 Å². The Morgan fingerprint density at radius 3 is 2.65 bits per heavy atom. The molecule has 0 aliphatic rings. The molecule has 5 nitrogen and oxygen atoms in total. The molecule has 7 heteroatoms. The highest BCUT2D eigenvalue weighted by atomic mass is 35.5.